The number of carbonyl (C=O) groups excluding carboxylic acids is 2. The molecule has 3 amide bonds. The van der Waals surface area contributed by atoms with Gasteiger partial charge in [-0.15, -0.1) is 0 Å². The van der Waals surface area contributed by atoms with Gasteiger partial charge in [-0.1, -0.05) is 32.0 Å². The number of anilines is 2. The zero-order valence-corrected chi connectivity index (χ0v) is 17.7. The molecule has 0 aliphatic carbocycles. The number of piperazine rings is 1. The third kappa shape index (κ3) is 5.40. The smallest absolute Gasteiger partial charge is 0.318 e. The summed E-state index contributed by atoms with van der Waals surface area (Å²) in [5, 5.41) is 5.71. The average molecular weight is 412 g/mol. The van der Waals surface area contributed by atoms with E-state index >= 15 is 0 Å². The van der Waals surface area contributed by atoms with Crippen molar-refractivity contribution in [2.24, 2.45) is 5.92 Å². The number of benzene rings is 1. The number of nitrogens with zero attached hydrogens (tertiary/aromatic N) is 3. The van der Waals surface area contributed by atoms with Gasteiger partial charge in [0.2, 0.25) is 11.8 Å². The van der Waals surface area contributed by atoms with Gasteiger partial charge in [0.05, 0.1) is 19.0 Å². The van der Waals surface area contributed by atoms with Crippen LogP contribution >= 0.6 is 0 Å². The van der Waals surface area contributed by atoms with Crippen LogP contribution in [-0.2, 0) is 4.79 Å². The fraction of sp³-hybridized carbons (Fsp3) is 0.409. The molecule has 1 atom stereocenters. The fourth-order valence-corrected chi connectivity index (χ4v) is 3.36. The van der Waals surface area contributed by atoms with E-state index in [1.165, 1.54) is 13.3 Å². The third-order valence-corrected chi connectivity index (χ3v) is 5.13. The second kappa shape index (κ2) is 9.96. The van der Waals surface area contributed by atoms with E-state index in [9.17, 15) is 9.59 Å². The number of amides is 3. The van der Waals surface area contributed by atoms with Crippen LogP contribution in [0.2, 0.25) is 0 Å². The molecule has 1 aliphatic rings. The lowest BCUT2D eigenvalue weighted by Crippen LogP contribution is -2.56. The Balaban J connectivity index is 1.55. The van der Waals surface area contributed by atoms with Crippen molar-refractivity contribution in [3.63, 3.8) is 0 Å². The van der Waals surface area contributed by atoms with Gasteiger partial charge in [-0.3, -0.25) is 4.79 Å². The molecule has 0 bridgehead atoms. The predicted molar refractivity (Wildman–Crippen MR) is 117 cm³/mol. The number of hydrogen-bond acceptors (Lipinski definition) is 5. The normalized spacial score (nSPS) is 14.9. The molecule has 160 valence electrons. The lowest BCUT2D eigenvalue weighted by atomic mass is 10.0. The summed E-state index contributed by atoms with van der Waals surface area (Å²) in [6.07, 6.45) is 1.53. The van der Waals surface area contributed by atoms with Crippen molar-refractivity contribution in [2.75, 3.05) is 43.5 Å². The van der Waals surface area contributed by atoms with E-state index in [1.807, 2.05) is 32.0 Å². The van der Waals surface area contributed by atoms with Gasteiger partial charge < -0.3 is 25.2 Å². The Morgan fingerprint density at radius 3 is 2.30 bits per heavy atom. The summed E-state index contributed by atoms with van der Waals surface area (Å²) in [6.45, 7) is 6.54. The Morgan fingerprint density at radius 2 is 1.73 bits per heavy atom. The van der Waals surface area contributed by atoms with Crippen LogP contribution in [0.3, 0.4) is 0 Å². The molecular weight excluding hydrogens is 382 g/mol. The minimum atomic E-state index is -0.647. The van der Waals surface area contributed by atoms with Crippen molar-refractivity contribution in [3.05, 3.63) is 48.7 Å². The zero-order valence-electron chi connectivity index (χ0n) is 17.7. The molecule has 0 radical (unpaired) electrons. The molecule has 1 fully saturated rings. The molecule has 1 saturated heterocycles. The molecule has 3 rings (SSSR count). The van der Waals surface area contributed by atoms with Gasteiger partial charge in [0.15, 0.2) is 0 Å². The number of urea groups is 1. The minimum absolute atomic E-state index is 0.0641. The summed E-state index contributed by atoms with van der Waals surface area (Å²) >= 11 is 0. The largest absolute Gasteiger partial charge is 0.481 e. The van der Waals surface area contributed by atoms with Crippen LogP contribution in [0, 0.1) is 5.92 Å². The lowest BCUT2D eigenvalue weighted by molar-refractivity contribution is -0.118. The number of aromatic nitrogens is 1. The van der Waals surface area contributed by atoms with Crippen molar-refractivity contribution < 1.29 is 14.3 Å². The number of nitrogens with one attached hydrogen (secondary N) is 2. The highest BCUT2D eigenvalue weighted by Crippen LogP contribution is 2.16. The average Bonchev–Trinajstić information content (AvgIpc) is 2.78. The molecule has 8 nitrogen and oxygen atoms in total. The maximum absolute atomic E-state index is 12.8. The monoisotopic (exact) mass is 411 g/mol. The summed E-state index contributed by atoms with van der Waals surface area (Å²) in [7, 11) is 1.53. The van der Waals surface area contributed by atoms with E-state index in [4.69, 9.17) is 4.74 Å². The fourth-order valence-electron chi connectivity index (χ4n) is 3.36. The highest BCUT2D eigenvalue weighted by atomic mass is 16.5. The van der Waals surface area contributed by atoms with Crippen LogP contribution in [-0.4, -0.2) is 61.2 Å². The van der Waals surface area contributed by atoms with Gasteiger partial charge in [0, 0.05) is 37.9 Å². The highest BCUT2D eigenvalue weighted by molar-refractivity contribution is 5.97. The molecule has 8 heteroatoms. The zero-order chi connectivity index (χ0) is 21.5. The van der Waals surface area contributed by atoms with Crippen molar-refractivity contribution in [1.29, 1.82) is 0 Å². The summed E-state index contributed by atoms with van der Waals surface area (Å²) in [4.78, 5) is 33.6. The summed E-state index contributed by atoms with van der Waals surface area (Å²) in [6, 6.07) is 12.7. The molecule has 2 heterocycles. The van der Waals surface area contributed by atoms with Crippen LogP contribution < -0.4 is 20.3 Å². The Kier molecular flexibility index (Phi) is 7.11. The molecule has 2 N–H and O–H groups in total. The van der Waals surface area contributed by atoms with Crippen molar-refractivity contribution in [3.8, 4) is 5.88 Å². The second-order valence-electron chi connectivity index (χ2n) is 7.56. The van der Waals surface area contributed by atoms with E-state index < -0.39 is 6.04 Å². The quantitative estimate of drug-likeness (QED) is 0.763. The first-order valence-electron chi connectivity index (χ1n) is 10.1. The van der Waals surface area contributed by atoms with Crippen molar-refractivity contribution >= 4 is 23.3 Å². The van der Waals surface area contributed by atoms with Crippen LogP contribution in [0.1, 0.15) is 13.8 Å². The molecule has 1 unspecified atom stereocenters. The molecule has 2 aromatic rings. The SMILES string of the molecule is COc1ccc(NC(=O)C(NC(=O)N2CCN(c3ccccc3)CC2)C(C)C)cn1. The highest BCUT2D eigenvalue weighted by Gasteiger charge is 2.28. The van der Waals surface area contributed by atoms with Gasteiger partial charge in [-0.2, -0.15) is 0 Å². The Hall–Kier alpha value is -3.29. The van der Waals surface area contributed by atoms with E-state index in [1.54, 1.807) is 17.0 Å². The maximum atomic E-state index is 12.8. The summed E-state index contributed by atoms with van der Waals surface area (Å²) in [5.74, 6) is 0.135. The lowest BCUT2D eigenvalue weighted by Gasteiger charge is -2.37. The maximum Gasteiger partial charge on any atom is 0.318 e. The van der Waals surface area contributed by atoms with Crippen molar-refractivity contribution in [2.45, 2.75) is 19.9 Å². The topological polar surface area (TPSA) is 86.8 Å². The number of ether oxygens (including phenoxy) is 1. The van der Waals surface area contributed by atoms with Gasteiger partial charge in [0.1, 0.15) is 6.04 Å². The number of pyridine rings is 1. The number of hydrogen-bond donors (Lipinski definition) is 2. The Bertz CT molecular complexity index is 834. The molecule has 0 saturated carbocycles. The second-order valence-corrected chi connectivity index (χ2v) is 7.56. The molecule has 1 aromatic heterocycles. The van der Waals surface area contributed by atoms with Crippen LogP contribution in [0.4, 0.5) is 16.2 Å². The first-order valence-corrected chi connectivity index (χ1v) is 10.1. The first kappa shape index (κ1) is 21.4. The molecule has 1 aromatic carbocycles. The van der Waals surface area contributed by atoms with Gasteiger partial charge in [-0.05, 0) is 24.1 Å². The van der Waals surface area contributed by atoms with E-state index in [2.05, 4.69) is 32.7 Å². The van der Waals surface area contributed by atoms with Crippen LogP contribution in [0.15, 0.2) is 48.7 Å². The minimum Gasteiger partial charge on any atom is -0.481 e. The summed E-state index contributed by atoms with van der Waals surface area (Å²) in [5.41, 5.74) is 1.71. The van der Waals surface area contributed by atoms with Gasteiger partial charge in [-0.25, -0.2) is 9.78 Å². The number of rotatable bonds is 6. The molecular formula is C22H29N5O3. The predicted octanol–water partition coefficient (Wildman–Crippen LogP) is 2.59. The van der Waals surface area contributed by atoms with E-state index in [0.717, 1.165) is 18.8 Å². The molecule has 0 spiro atoms. The number of para-hydroxylation sites is 1. The number of methoxy groups -OCH3 is 1. The Labute approximate surface area is 177 Å². The summed E-state index contributed by atoms with van der Waals surface area (Å²) < 4.78 is 5.03. The van der Waals surface area contributed by atoms with Gasteiger partial charge in [0.25, 0.3) is 0 Å². The first-order chi connectivity index (χ1) is 14.5. The third-order valence-electron chi connectivity index (χ3n) is 5.13. The number of carbonyl (C=O) groups is 2. The molecule has 1 aliphatic heterocycles. The Morgan fingerprint density at radius 1 is 1.03 bits per heavy atom. The molecule has 30 heavy (non-hydrogen) atoms. The van der Waals surface area contributed by atoms with Crippen LogP contribution in [0.5, 0.6) is 5.88 Å². The van der Waals surface area contributed by atoms with Crippen molar-refractivity contribution in [1.82, 2.24) is 15.2 Å². The van der Waals surface area contributed by atoms with Crippen LogP contribution in [0.25, 0.3) is 0 Å². The standard InChI is InChI=1S/C22H29N5O3/c1-16(2)20(21(28)24-17-9-10-19(30-3)23-15-17)25-22(29)27-13-11-26(12-14-27)18-7-5-4-6-8-18/h4-10,15-16,20H,11-14H2,1-3H3,(H,24,28)(H,25,29). The van der Waals surface area contributed by atoms with Gasteiger partial charge >= 0.3 is 6.03 Å². The van der Waals surface area contributed by atoms with E-state index in [-0.39, 0.29) is 17.9 Å². The van der Waals surface area contributed by atoms with E-state index in [0.29, 0.717) is 24.7 Å².